The van der Waals surface area contributed by atoms with E-state index in [-0.39, 0.29) is 6.09 Å². The van der Waals surface area contributed by atoms with Crippen LogP contribution in [0.1, 0.15) is 33.6 Å². The summed E-state index contributed by atoms with van der Waals surface area (Å²) in [6, 6.07) is 0.321. The number of hydrogen-bond acceptors (Lipinski definition) is 6. The molecule has 2 saturated heterocycles. The zero-order valence-corrected chi connectivity index (χ0v) is 13.3. The number of piperidine rings is 1. The van der Waals surface area contributed by atoms with Crippen molar-refractivity contribution in [3.8, 4) is 0 Å². The Kier molecular flexibility index (Phi) is 5.80. The molecule has 7 nitrogen and oxygen atoms in total. The zero-order chi connectivity index (χ0) is 15.3. The van der Waals surface area contributed by atoms with Crippen LogP contribution in [0.5, 0.6) is 0 Å². The fourth-order valence-electron chi connectivity index (χ4n) is 2.34. The maximum absolute atomic E-state index is 12.0. The molecule has 0 spiro atoms. The van der Waals surface area contributed by atoms with Crippen LogP contribution in [0, 0.1) is 0 Å². The van der Waals surface area contributed by atoms with Gasteiger partial charge in [-0.3, -0.25) is 4.84 Å². The van der Waals surface area contributed by atoms with E-state index in [0.717, 1.165) is 12.8 Å². The molecule has 0 bridgehead atoms. The molecule has 0 aliphatic carbocycles. The molecule has 2 fully saturated rings. The molecular weight excluding hydrogens is 274 g/mol. The highest BCUT2D eigenvalue weighted by Crippen LogP contribution is 2.15. The molecule has 122 valence electrons. The molecule has 2 aliphatic rings. The van der Waals surface area contributed by atoms with E-state index in [1.807, 2.05) is 20.8 Å². The van der Waals surface area contributed by atoms with Crippen molar-refractivity contribution in [1.29, 1.82) is 0 Å². The normalized spacial score (nSPS) is 22.9. The van der Waals surface area contributed by atoms with Crippen molar-refractivity contribution in [3.05, 3.63) is 0 Å². The number of carbonyl (C=O) groups is 1. The standard InChI is InChI=1S/C14H27N3O4/c1-14(2,3)21-13(18)16-6-4-12(5-7-16)15-17-8-9-19-10-11-20-17/h12,15H,4-11H2,1-3H3. The minimum atomic E-state index is -0.438. The highest BCUT2D eigenvalue weighted by atomic mass is 16.7. The van der Waals surface area contributed by atoms with Gasteiger partial charge in [0.15, 0.2) is 0 Å². The Morgan fingerprint density at radius 1 is 1.14 bits per heavy atom. The Morgan fingerprint density at radius 2 is 1.86 bits per heavy atom. The summed E-state index contributed by atoms with van der Waals surface area (Å²) in [6.07, 6.45) is 1.56. The number of rotatable bonds is 2. The van der Waals surface area contributed by atoms with Gasteiger partial charge in [0.25, 0.3) is 0 Å². The molecule has 2 aliphatic heterocycles. The molecule has 0 aromatic rings. The smallest absolute Gasteiger partial charge is 0.410 e. The highest BCUT2D eigenvalue weighted by Gasteiger charge is 2.27. The van der Waals surface area contributed by atoms with Crippen molar-refractivity contribution in [1.82, 2.24) is 15.5 Å². The molecule has 0 radical (unpaired) electrons. The van der Waals surface area contributed by atoms with Crippen molar-refractivity contribution in [2.24, 2.45) is 0 Å². The van der Waals surface area contributed by atoms with Crippen LogP contribution in [-0.2, 0) is 14.3 Å². The number of nitrogens with one attached hydrogen (secondary N) is 1. The SMILES string of the molecule is CC(C)(C)OC(=O)N1CCC(NN2CCOCCO2)CC1. The second kappa shape index (κ2) is 7.40. The predicted octanol–water partition coefficient (Wildman–Crippen LogP) is 1.15. The van der Waals surface area contributed by atoms with Gasteiger partial charge in [-0.2, -0.15) is 0 Å². The third-order valence-electron chi connectivity index (χ3n) is 3.39. The Hall–Kier alpha value is -0.890. The molecule has 21 heavy (non-hydrogen) atoms. The number of hydrogen-bond donors (Lipinski definition) is 1. The fraction of sp³-hybridized carbons (Fsp3) is 0.929. The minimum absolute atomic E-state index is 0.222. The van der Waals surface area contributed by atoms with Gasteiger partial charge in [-0.05, 0) is 33.6 Å². The Morgan fingerprint density at radius 3 is 2.52 bits per heavy atom. The number of hydrazine groups is 1. The fourth-order valence-corrected chi connectivity index (χ4v) is 2.34. The van der Waals surface area contributed by atoms with Crippen molar-refractivity contribution in [3.63, 3.8) is 0 Å². The largest absolute Gasteiger partial charge is 0.444 e. The van der Waals surface area contributed by atoms with Crippen molar-refractivity contribution < 1.29 is 19.1 Å². The molecule has 0 aromatic carbocycles. The van der Waals surface area contributed by atoms with Crippen molar-refractivity contribution in [2.45, 2.75) is 45.3 Å². The molecule has 0 atom stereocenters. The lowest BCUT2D eigenvalue weighted by Crippen LogP contribution is -2.51. The van der Waals surface area contributed by atoms with Crippen LogP contribution >= 0.6 is 0 Å². The Bertz CT molecular complexity index is 330. The van der Waals surface area contributed by atoms with Gasteiger partial charge in [-0.15, -0.1) is 5.17 Å². The first kappa shape index (κ1) is 16.5. The number of carbonyl (C=O) groups excluding carboxylic acids is 1. The van der Waals surface area contributed by atoms with Crippen LogP contribution in [0.4, 0.5) is 4.79 Å². The topological polar surface area (TPSA) is 63.3 Å². The third-order valence-corrected chi connectivity index (χ3v) is 3.39. The number of amides is 1. The summed E-state index contributed by atoms with van der Waals surface area (Å²) in [5, 5.41) is 1.76. The van der Waals surface area contributed by atoms with E-state index in [1.165, 1.54) is 0 Å². The van der Waals surface area contributed by atoms with Crippen LogP contribution in [0.15, 0.2) is 0 Å². The molecule has 1 amide bonds. The molecule has 0 unspecified atom stereocenters. The van der Waals surface area contributed by atoms with E-state index in [0.29, 0.717) is 45.5 Å². The minimum Gasteiger partial charge on any atom is -0.444 e. The molecule has 2 rings (SSSR count). The maximum atomic E-state index is 12.0. The summed E-state index contributed by atoms with van der Waals surface area (Å²) >= 11 is 0. The summed E-state index contributed by atoms with van der Waals surface area (Å²) in [7, 11) is 0. The van der Waals surface area contributed by atoms with Crippen LogP contribution in [-0.4, -0.2) is 67.3 Å². The van der Waals surface area contributed by atoms with Crippen molar-refractivity contribution >= 4 is 6.09 Å². The monoisotopic (exact) mass is 301 g/mol. The van der Waals surface area contributed by atoms with E-state index in [9.17, 15) is 4.79 Å². The number of likely N-dealkylation sites (tertiary alicyclic amines) is 1. The quantitative estimate of drug-likeness (QED) is 0.825. The molecule has 0 saturated carbocycles. The predicted molar refractivity (Wildman–Crippen MR) is 77.4 cm³/mol. The summed E-state index contributed by atoms with van der Waals surface area (Å²) in [4.78, 5) is 19.3. The van der Waals surface area contributed by atoms with E-state index >= 15 is 0 Å². The lowest BCUT2D eigenvalue weighted by molar-refractivity contribution is -0.194. The van der Waals surface area contributed by atoms with Gasteiger partial charge in [-0.1, -0.05) is 0 Å². The van der Waals surface area contributed by atoms with E-state index in [2.05, 4.69) is 5.43 Å². The summed E-state index contributed by atoms with van der Waals surface area (Å²) in [6.45, 7) is 9.66. The lowest BCUT2D eigenvalue weighted by atomic mass is 10.1. The summed E-state index contributed by atoms with van der Waals surface area (Å²) in [5.41, 5.74) is 2.92. The number of nitrogens with zero attached hydrogens (tertiary/aromatic N) is 2. The van der Waals surface area contributed by atoms with Crippen LogP contribution in [0.25, 0.3) is 0 Å². The van der Waals surface area contributed by atoms with Crippen molar-refractivity contribution in [2.75, 3.05) is 39.5 Å². The van der Waals surface area contributed by atoms with Gasteiger partial charge >= 0.3 is 6.09 Å². The van der Waals surface area contributed by atoms with Gasteiger partial charge < -0.3 is 14.4 Å². The first-order chi connectivity index (χ1) is 9.94. The van der Waals surface area contributed by atoms with Gasteiger partial charge in [0.1, 0.15) is 5.60 Å². The van der Waals surface area contributed by atoms with Crippen LogP contribution in [0.2, 0.25) is 0 Å². The van der Waals surface area contributed by atoms with E-state index in [1.54, 1.807) is 10.1 Å². The Labute approximate surface area is 126 Å². The first-order valence-electron chi connectivity index (χ1n) is 7.66. The van der Waals surface area contributed by atoms with Crippen LogP contribution < -0.4 is 5.43 Å². The second-order valence-corrected chi connectivity index (χ2v) is 6.42. The van der Waals surface area contributed by atoms with Gasteiger partial charge in [0, 0.05) is 19.1 Å². The van der Waals surface area contributed by atoms with Gasteiger partial charge in [0.05, 0.1) is 26.4 Å². The second-order valence-electron chi connectivity index (χ2n) is 6.42. The summed E-state index contributed by atoms with van der Waals surface area (Å²) in [5.74, 6) is 0. The van der Waals surface area contributed by atoms with Gasteiger partial charge in [-0.25, -0.2) is 10.2 Å². The Balaban J connectivity index is 1.71. The molecular formula is C14H27N3O4. The molecule has 7 heteroatoms. The number of ether oxygens (including phenoxy) is 2. The average molecular weight is 301 g/mol. The third kappa shape index (κ3) is 5.78. The summed E-state index contributed by atoms with van der Waals surface area (Å²) < 4.78 is 10.7. The average Bonchev–Trinajstić information content (AvgIpc) is 2.66. The maximum Gasteiger partial charge on any atom is 0.410 e. The molecule has 0 aromatic heterocycles. The van der Waals surface area contributed by atoms with Gasteiger partial charge in [0.2, 0.25) is 0 Å². The van der Waals surface area contributed by atoms with Crippen LogP contribution in [0.3, 0.4) is 0 Å². The number of hydroxylamine groups is 1. The highest BCUT2D eigenvalue weighted by molar-refractivity contribution is 5.68. The van der Waals surface area contributed by atoms with E-state index < -0.39 is 5.60 Å². The molecule has 2 heterocycles. The zero-order valence-electron chi connectivity index (χ0n) is 13.3. The molecule has 1 N–H and O–H groups in total. The lowest BCUT2D eigenvalue weighted by Gasteiger charge is -2.35. The first-order valence-corrected chi connectivity index (χ1v) is 7.66. The van der Waals surface area contributed by atoms with E-state index in [4.69, 9.17) is 14.3 Å².